The molecule has 31 heavy (non-hydrogen) atoms. The molecule has 1 aliphatic carbocycles. The SMILES string of the molecule is CC(=O)Nc1ccc(S(=O)(=O)NCc2ccc(C(=O)NC3CCC(O)CC3)cc2)cc1. The van der Waals surface area contributed by atoms with Crippen molar-refractivity contribution in [2.45, 2.75) is 56.2 Å². The molecule has 1 saturated carbocycles. The van der Waals surface area contributed by atoms with E-state index < -0.39 is 10.0 Å². The molecule has 0 atom stereocenters. The molecule has 2 aromatic carbocycles. The van der Waals surface area contributed by atoms with Gasteiger partial charge in [0.25, 0.3) is 5.91 Å². The minimum absolute atomic E-state index is 0.0689. The molecule has 1 aliphatic rings. The summed E-state index contributed by atoms with van der Waals surface area (Å²) in [5, 5.41) is 15.1. The Balaban J connectivity index is 1.54. The van der Waals surface area contributed by atoms with Gasteiger partial charge in [-0.05, 0) is 67.6 Å². The summed E-state index contributed by atoms with van der Waals surface area (Å²) >= 11 is 0. The normalized spacial score (nSPS) is 18.9. The Morgan fingerprint density at radius 1 is 0.968 bits per heavy atom. The number of benzene rings is 2. The van der Waals surface area contributed by atoms with E-state index in [1.807, 2.05) is 0 Å². The summed E-state index contributed by atoms with van der Waals surface area (Å²) in [4.78, 5) is 23.5. The molecule has 0 radical (unpaired) electrons. The monoisotopic (exact) mass is 445 g/mol. The lowest BCUT2D eigenvalue weighted by atomic mass is 9.93. The third kappa shape index (κ3) is 6.61. The molecule has 0 heterocycles. The lowest BCUT2D eigenvalue weighted by molar-refractivity contribution is -0.114. The number of hydrogen-bond acceptors (Lipinski definition) is 5. The van der Waals surface area contributed by atoms with Crippen molar-refractivity contribution in [1.82, 2.24) is 10.0 Å². The van der Waals surface area contributed by atoms with Gasteiger partial charge in [0, 0.05) is 30.8 Å². The van der Waals surface area contributed by atoms with E-state index in [4.69, 9.17) is 0 Å². The number of carbonyl (C=O) groups is 2. The molecular weight excluding hydrogens is 418 g/mol. The predicted molar refractivity (Wildman–Crippen MR) is 117 cm³/mol. The van der Waals surface area contributed by atoms with Crippen molar-refractivity contribution in [2.75, 3.05) is 5.32 Å². The van der Waals surface area contributed by atoms with Gasteiger partial charge in [-0.3, -0.25) is 9.59 Å². The fraction of sp³-hybridized carbons (Fsp3) is 0.364. The topological polar surface area (TPSA) is 125 Å². The van der Waals surface area contributed by atoms with Gasteiger partial charge in [0.05, 0.1) is 11.0 Å². The Labute approximate surface area is 182 Å². The predicted octanol–water partition coefficient (Wildman–Crippen LogP) is 2.16. The highest BCUT2D eigenvalue weighted by Gasteiger charge is 2.21. The molecule has 4 N–H and O–H groups in total. The quantitative estimate of drug-likeness (QED) is 0.520. The fourth-order valence-corrected chi connectivity index (χ4v) is 4.46. The zero-order valence-corrected chi connectivity index (χ0v) is 18.1. The molecule has 9 heteroatoms. The number of aliphatic hydroxyl groups is 1. The Bertz CT molecular complexity index is 1010. The highest BCUT2D eigenvalue weighted by atomic mass is 32.2. The van der Waals surface area contributed by atoms with E-state index >= 15 is 0 Å². The molecule has 3 rings (SSSR count). The third-order valence-corrected chi connectivity index (χ3v) is 6.62. The summed E-state index contributed by atoms with van der Waals surface area (Å²) in [5.74, 6) is -0.406. The van der Waals surface area contributed by atoms with Crippen LogP contribution in [0, 0.1) is 0 Å². The summed E-state index contributed by atoms with van der Waals surface area (Å²) in [7, 11) is -3.72. The lowest BCUT2D eigenvalue weighted by Gasteiger charge is -2.26. The molecule has 0 spiro atoms. The molecule has 1 fully saturated rings. The highest BCUT2D eigenvalue weighted by molar-refractivity contribution is 7.89. The minimum Gasteiger partial charge on any atom is -0.393 e. The number of rotatable bonds is 7. The molecule has 0 aliphatic heterocycles. The molecular formula is C22H27N3O5S. The zero-order valence-electron chi connectivity index (χ0n) is 17.3. The fourth-order valence-electron chi connectivity index (χ4n) is 3.45. The van der Waals surface area contributed by atoms with Crippen molar-refractivity contribution in [2.24, 2.45) is 0 Å². The van der Waals surface area contributed by atoms with Crippen molar-refractivity contribution in [1.29, 1.82) is 0 Å². The van der Waals surface area contributed by atoms with Crippen LogP contribution in [0.15, 0.2) is 53.4 Å². The summed E-state index contributed by atoms with van der Waals surface area (Å²) in [6, 6.07) is 12.7. The van der Waals surface area contributed by atoms with Gasteiger partial charge in [-0.2, -0.15) is 0 Å². The van der Waals surface area contributed by atoms with Crippen LogP contribution in [0.2, 0.25) is 0 Å². The molecule has 2 amide bonds. The Morgan fingerprint density at radius 3 is 2.16 bits per heavy atom. The maximum atomic E-state index is 12.5. The van der Waals surface area contributed by atoms with Crippen LogP contribution in [-0.4, -0.2) is 37.5 Å². The van der Waals surface area contributed by atoms with Gasteiger partial charge in [-0.15, -0.1) is 0 Å². The number of carbonyl (C=O) groups excluding carboxylic acids is 2. The van der Waals surface area contributed by atoms with E-state index in [2.05, 4.69) is 15.4 Å². The van der Waals surface area contributed by atoms with Crippen LogP contribution in [0.4, 0.5) is 5.69 Å². The van der Waals surface area contributed by atoms with Crippen LogP contribution in [-0.2, 0) is 21.4 Å². The van der Waals surface area contributed by atoms with Crippen LogP contribution in [0.1, 0.15) is 48.5 Å². The molecule has 0 aromatic heterocycles. The Kier molecular flexibility index (Phi) is 7.42. The summed E-state index contributed by atoms with van der Waals surface area (Å²) in [6.45, 7) is 1.46. The van der Waals surface area contributed by atoms with Gasteiger partial charge in [0.2, 0.25) is 15.9 Å². The second kappa shape index (κ2) is 10.0. The van der Waals surface area contributed by atoms with Crippen molar-refractivity contribution >= 4 is 27.5 Å². The van der Waals surface area contributed by atoms with Crippen molar-refractivity contribution in [3.63, 3.8) is 0 Å². The van der Waals surface area contributed by atoms with Crippen LogP contribution in [0.3, 0.4) is 0 Å². The van der Waals surface area contributed by atoms with E-state index in [0.717, 1.165) is 18.4 Å². The molecule has 0 saturated heterocycles. The van der Waals surface area contributed by atoms with Crippen LogP contribution in [0.25, 0.3) is 0 Å². The number of hydrogen-bond donors (Lipinski definition) is 4. The number of nitrogens with one attached hydrogen (secondary N) is 3. The summed E-state index contributed by atoms with van der Waals surface area (Å²) < 4.78 is 27.5. The van der Waals surface area contributed by atoms with Crippen molar-refractivity contribution < 1.29 is 23.1 Å². The first kappa shape index (κ1) is 22.9. The number of amides is 2. The average Bonchev–Trinajstić information content (AvgIpc) is 2.74. The highest BCUT2D eigenvalue weighted by Crippen LogP contribution is 2.19. The van der Waals surface area contributed by atoms with Gasteiger partial charge in [0.1, 0.15) is 0 Å². The first-order valence-corrected chi connectivity index (χ1v) is 11.7. The average molecular weight is 446 g/mol. The van der Waals surface area contributed by atoms with E-state index in [-0.39, 0.29) is 35.4 Å². The van der Waals surface area contributed by atoms with E-state index in [0.29, 0.717) is 24.1 Å². The second-order valence-corrected chi connectivity index (χ2v) is 9.47. The number of aliphatic hydroxyl groups excluding tert-OH is 1. The lowest BCUT2D eigenvalue weighted by Crippen LogP contribution is -2.38. The zero-order chi connectivity index (χ0) is 22.4. The van der Waals surface area contributed by atoms with Crippen LogP contribution in [0.5, 0.6) is 0 Å². The Hall–Kier alpha value is -2.75. The smallest absolute Gasteiger partial charge is 0.251 e. The molecule has 8 nitrogen and oxygen atoms in total. The van der Waals surface area contributed by atoms with Crippen LogP contribution >= 0.6 is 0 Å². The van der Waals surface area contributed by atoms with Crippen molar-refractivity contribution in [3.8, 4) is 0 Å². The molecule has 166 valence electrons. The van der Waals surface area contributed by atoms with Crippen LogP contribution < -0.4 is 15.4 Å². The van der Waals surface area contributed by atoms with E-state index in [9.17, 15) is 23.1 Å². The molecule has 2 aromatic rings. The van der Waals surface area contributed by atoms with Crippen molar-refractivity contribution in [3.05, 3.63) is 59.7 Å². The van der Waals surface area contributed by atoms with Gasteiger partial charge in [-0.25, -0.2) is 13.1 Å². The van der Waals surface area contributed by atoms with Gasteiger partial charge >= 0.3 is 0 Å². The molecule has 0 bridgehead atoms. The first-order valence-electron chi connectivity index (χ1n) is 10.2. The summed E-state index contributed by atoms with van der Waals surface area (Å²) in [6.07, 6.45) is 2.64. The van der Waals surface area contributed by atoms with E-state index in [1.165, 1.54) is 31.2 Å². The van der Waals surface area contributed by atoms with E-state index in [1.54, 1.807) is 24.3 Å². The number of anilines is 1. The first-order chi connectivity index (χ1) is 14.7. The van der Waals surface area contributed by atoms with Gasteiger partial charge in [-0.1, -0.05) is 12.1 Å². The Morgan fingerprint density at radius 2 is 1.58 bits per heavy atom. The summed E-state index contributed by atoms with van der Waals surface area (Å²) in [5.41, 5.74) is 1.74. The maximum Gasteiger partial charge on any atom is 0.251 e. The standard InChI is InChI=1S/C22H27N3O5S/c1-15(26)24-18-8-12-21(13-9-18)31(29,30)23-14-16-2-4-17(5-3-16)22(28)25-19-6-10-20(27)11-7-19/h2-5,8-9,12-13,19-20,23,27H,6-7,10-11,14H2,1H3,(H,24,26)(H,25,28). The minimum atomic E-state index is -3.72. The number of sulfonamides is 1. The maximum absolute atomic E-state index is 12.5. The van der Waals surface area contributed by atoms with Gasteiger partial charge < -0.3 is 15.7 Å². The molecule has 0 unspecified atom stereocenters. The third-order valence-electron chi connectivity index (χ3n) is 5.20. The largest absolute Gasteiger partial charge is 0.393 e. The second-order valence-electron chi connectivity index (χ2n) is 7.71. The van der Waals surface area contributed by atoms with Gasteiger partial charge in [0.15, 0.2) is 0 Å².